The Kier molecular flexibility index (Phi) is 5.31. The molecule has 0 saturated carbocycles. The van der Waals surface area contributed by atoms with Crippen molar-refractivity contribution in [2.24, 2.45) is 0 Å². The lowest BCUT2D eigenvalue weighted by Gasteiger charge is -2.42. The zero-order valence-corrected chi connectivity index (χ0v) is 19.2. The Hall–Kier alpha value is -3.76. The van der Waals surface area contributed by atoms with Crippen LogP contribution in [0.2, 0.25) is 5.02 Å². The number of hydrogen-bond acceptors (Lipinski definition) is 4. The molecule has 4 aromatic carbocycles. The number of cyclic esters (lactones) is 1. The van der Waals surface area contributed by atoms with Gasteiger partial charge >= 0.3 is 5.97 Å². The van der Waals surface area contributed by atoms with Crippen LogP contribution in [0.5, 0.6) is 0 Å². The molecular weight excluding hydrogens is 432 g/mol. The van der Waals surface area contributed by atoms with Gasteiger partial charge in [-0.1, -0.05) is 66.2 Å². The average Bonchev–Trinajstić information content (AvgIpc) is 3.13. The largest absolute Gasteiger partial charge is 0.426 e. The summed E-state index contributed by atoms with van der Waals surface area (Å²) in [4.78, 5) is 17.3. The van der Waals surface area contributed by atoms with Gasteiger partial charge in [-0.3, -0.25) is 4.90 Å². The predicted molar refractivity (Wildman–Crippen MR) is 133 cm³/mol. The maximum atomic E-state index is 13.2. The van der Waals surface area contributed by atoms with Crippen molar-refractivity contribution in [1.29, 1.82) is 0 Å². The molecule has 1 unspecified atom stereocenters. The van der Waals surface area contributed by atoms with Gasteiger partial charge in [-0.05, 0) is 48.5 Å². The molecule has 4 nitrogen and oxygen atoms in total. The van der Waals surface area contributed by atoms with Gasteiger partial charge in [0.05, 0.1) is 5.56 Å². The van der Waals surface area contributed by atoms with E-state index in [-0.39, 0.29) is 5.97 Å². The summed E-state index contributed by atoms with van der Waals surface area (Å²) in [6.07, 6.45) is 0. The van der Waals surface area contributed by atoms with E-state index in [9.17, 15) is 4.79 Å². The first-order valence-electron chi connectivity index (χ1n) is 10.7. The highest BCUT2D eigenvalue weighted by atomic mass is 35.5. The van der Waals surface area contributed by atoms with E-state index in [1.165, 1.54) is 0 Å². The fraction of sp³-hybridized carbons (Fsp3) is 0.107. The molecule has 1 atom stereocenters. The second-order valence-electron chi connectivity index (χ2n) is 8.17. The van der Waals surface area contributed by atoms with Crippen LogP contribution < -0.4 is 9.80 Å². The van der Waals surface area contributed by atoms with Crippen LogP contribution in [0.4, 0.5) is 17.1 Å². The molecule has 0 aromatic heterocycles. The Morgan fingerprint density at radius 3 is 2.09 bits per heavy atom. The van der Waals surface area contributed by atoms with Crippen LogP contribution in [0.3, 0.4) is 0 Å². The van der Waals surface area contributed by atoms with Crippen LogP contribution in [0.15, 0.2) is 103 Å². The van der Waals surface area contributed by atoms with Crippen LogP contribution in [-0.2, 0) is 10.5 Å². The third-order valence-electron chi connectivity index (χ3n) is 5.92. The summed E-state index contributed by atoms with van der Waals surface area (Å²) in [5, 5.41) is 0.601. The minimum atomic E-state index is -1.20. The van der Waals surface area contributed by atoms with Crippen LogP contribution in [0, 0.1) is 0 Å². The molecule has 0 fully saturated rings. The number of carbonyl (C=O) groups is 1. The number of esters is 1. The van der Waals surface area contributed by atoms with Crippen LogP contribution in [0.25, 0.3) is 0 Å². The van der Waals surface area contributed by atoms with E-state index in [0.717, 1.165) is 28.2 Å². The Labute approximate surface area is 198 Å². The van der Waals surface area contributed by atoms with E-state index in [1.807, 2.05) is 127 Å². The summed E-state index contributed by atoms with van der Waals surface area (Å²) in [5.74, 6) is -0.356. The molecule has 0 aliphatic carbocycles. The molecule has 0 N–H and O–H groups in total. The molecule has 164 valence electrons. The third kappa shape index (κ3) is 3.53. The topological polar surface area (TPSA) is 32.8 Å². The Bertz CT molecular complexity index is 1310. The van der Waals surface area contributed by atoms with E-state index in [4.69, 9.17) is 16.3 Å². The molecule has 1 heterocycles. The summed E-state index contributed by atoms with van der Waals surface area (Å²) >= 11 is 6.42. The SMILES string of the molecule is CN(C)c1ccc(C2(N(c3ccccc3)c3cccc(Cl)c3)OC(=O)c3ccccc32)cc1. The van der Waals surface area contributed by atoms with Crippen molar-refractivity contribution < 1.29 is 9.53 Å². The smallest absolute Gasteiger partial charge is 0.341 e. The second-order valence-corrected chi connectivity index (χ2v) is 8.61. The molecule has 5 rings (SSSR count). The van der Waals surface area contributed by atoms with Crippen molar-refractivity contribution in [2.75, 3.05) is 23.9 Å². The number of halogens is 1. The zero-order valence-electron chi connectivity index (χ0n) is 18.4. The van der Waals surface area contributed by atoms with Crippen molar-refractivity contribution in [3.63, 3.8) is 0 Å². The quantitative estimate of drug-likeness (QED) is 0.317. The van der Waals surface area contributed by atoms with Crippen LogP contribution >= 0.6 is 11.6 Å². The normalized spacial score (nSPS) is 16.8. The lowest BCUT2D eigenvalue weighted by Crippen LogP contribution is -2.45. The van der Waals surface area contributed by atoms with Gasteiger partial charge in [-0.2, -0.15) is 0 Å². The first-order valence-corrected chi connectivity index (χ1v) is 11.1. The molecule has 0 spiro atoms. The molecular formula is C28H23ClN2O2. The molecule has 1 aliphatic rings. The van der Waals surface area contributed by atoms with Gasteiger partial charge in [0.25, 0.3) is 0 Å². The minimum absolute atomic E-state index is 0.356. The van der Waals surface area contributed by atoms with E-state index in [1.54, 1.807) is 0 Å². The van der Waals surface area contributed by atoms with Gasteiger partial charge in [0, 0.05) is 47.3 Å². The zero-order chi connectivity index (χ0) is 23.0. The molecule has 5 heteroatoms. The van der Waals surface area contributed by atoms with Crippen LogP contribution in [0.1, 0.15) is 21.5 Å². The van der Waals surface area contributed by atoms with Crippen molar-refractivity contribution in [3.05, 3.63) is 125 Å². The maximum absolute atomic E-state index is 13.2. The summed E-state index contributed by atoms with van der Waals surface area (Å²) < 4.78 is 6.35. The number of carbonyl (C=O) groups excluding carboxylic acids is 1. The number of ether oxygens (including phenoxy) is 1. The molecule has 33 heavy (non-hydrogen) atoms. The Morgan fingerprint density at radius 1 is 0.727 bits per heavy atom. The van der Waals surface area contributed by atoms with E-state index < -0.39 is 5.72 Å². The number of anilines is 3. The molecule has 4 aromatic rings. The fourth-order valence-electron chi connectivity index (χ4n) is 4.40. The van der Waals surface area contributed by atoms with Gasteiger partial charge in [-0.15, -0.1) is 0 Å². The van der Waals surface area contributed by atoms with E-state index in [0.29, 0.717) is 10.6 Å². The summed E-state index contributed by atoms with van der Waals surface area (Å²) in [7, 11) is 4.00. The Morgan fingerprint density at radius 2 is 1.39 bits per heavy atom. The average molecular weight is 455 g/mol. The fourth-order valence-corrected chi connectivity index (χ4v) is 4.59. The van der Waals surface area contributed by atoms with Crippen molar-refractivity contribution in [3.8, 4) is 0 Å². The number of benzene rings is 4. The monoisotopic (exact) mass is 454 g/mol. The molecule has 0 bridgehead atoms. The van der Waals surface area contributed by atoms with Crippen molar-refractivity contribution >= 4 is 34.6 Å². The van der Waals surface area contributed by atoms with Gasteiger partial charge < -0.3 is 9.64 Å². The summed E-state index contributed by atoms with van der Waals surface area (Å²) in [6, 6.07) is 33.2. The highest BCUT2D eigenvalue weighted by Gasteiger charge is 2.52. The summed E-state index contributed by atoms with van der Waals surface area (Å²) in [6.45, 7) is 0. The molecule has 0 amide bonds. The molecule has 0 radical (unpaired) electrons. The number of hydrogen-bond donors (Lipinski definition) is 0. The minimum Gasteiger partial charge on any atom is -0.426 e. The summed E-state index contributed by atoms with van der Waals surface area (Å²) in [5.41, 5.74) is 3.73. The lowest BCUT2D eigenvalue weighted by molar-refractivity contribution is 0.0134. The Balaban J connectivity index is 1.84. The molecule has 1 aliphatic heterocycles. The first kappa shape index (κ1) is 21.1. The third-order valence-corrected chi connectivity index (χ3v) is 6.16. The van der Waals surface area contributed by atoms with Crippen LogP contribution in [-0.4, -0.2) is 20.1 Å². The highest BCUT2D eigenvalue weighted by Crippen LogP contribution is 2.50. The van der Waals surface area contributed by atoms with Gasteiger partial charge in [-0.25, -0.2) is 4.79 Å². The van der Waals surface area contributed by atoms with Gasteiger partial charge in [0.1, 0.15) is 0 Å². The van der Waals surface area contributed by atoms with Crippen molar-refractivity contribution in [1.82, 2.24) is 0 Å². The highest BCUT2D eigenvalue weighted by molar-refractivity contribution is 6.30. The first-order chi connectivity index (χ1) is 16.0. The lowest BCUT2D eigenvalue weighted by atomic mass is 9.90. The van der Waals surface area contributed by atoms with Gasteiger partial charge in [0.15, 0.2) is 0 Å². The molecule has 0 saturated heterocycles. The predicted octanol–water partition coefficient (Wildman–Crippen LogP) is 6.62. The standard InChI is InChI=1S/C28H23ClN2O2/c1-30(2)22-17-15-20(16-18-22)28(26-14-7-6-13-25(26)27(32)33-28)31(23-10-4-3-5-11-23)24-12-8-9-21(29)19-24/h3-19H,1-2H3. The number of rotatable bonds is 5. The van der Waals surface area contributed by atoms with E-state index in [2.05, 4.69) is 0 Å². The maximum Gasteiger partial charge on any atom is 0.341 e. The number of fused-ring (bicyclic) bond motifs is 1. The van der Waals surface area contributed by atoms with Crippen molar-refractivity contribution in [2.45, 2.75) is 5.72 Å². The second kappa shape index (κ2) is 8.30. The number of nitrogens with zero attached hydrogens (tertiary/aromatic N) is 2. The van der Waals surface area contributed by atoms with Gasteiger partial charge in [0.2, 0.25) is 5.72 Å². The number of para-hydroxylation sites is 1. The van der Waals surface area contributed by atoms with E-state index >= 15 is 0 Å².